The van der Waals surface area contributed by atoms with E-state index in [0.717, 1.165) is 21.0 Å². The monoisotopic (exact) mass is 320 g/mol. The fourth-order valence-electron chi connectivity index (χ4n) is 1.76. The Morgan fingerprint density at radius 1 is 1.43 bits per heavy atom. The molecule has 2 heterocycles. The number of nitrogens with one attached hydrogen (secondary N) is 1. The van der Waals surface area contributed by atoms with E-state index in [1.54, 1.807) is 12.5 Å². The number of rotatable bonds is 4. The molecule has 21 heavy (non-hydrogen) atoms. The summed E-state index contributed by atoms with van der Waals surface area (Å²) in [4.78, 5) is 20.6. The number of thiazole rings is 2. The summed E-state index contributed by atoms with van der Waals surface area (Å²) in [5.74, 6) is 0.480. The first kappa shape index (κ1) is 13.9. The fourth-order valence-corrected chi connectivity index (χ4v) is 3.30. The first-order valence-electron chi connectivity index (χ1n) is 6.10. The van der Waals surface area contributed by atoms with Crippen LogP contribution in [0.1, 0.15) is 15.5 Å². The maximum absolute atomic E-state index is 12.1. The van der Waals surface area contributed by atoms with Gasteiger partial charge in [0.1, 0.15) is 16.5 Å². The van der Waals surface area contributed by atoms with E-state index in [0.29, 0.717) is 17.4 Å². The molecule has 0 aliphatic carbocycles. The smallest absolute Gasteiger partial charge is 0.276 e. The van der Waals surface area contributed by atoms with Crippen molar-refractivity contribution in [2.24, 2.45) is 5.73 Å². The number of aromatic nitrogens is 2. The number of hydrogen-bond acceptors (Lipinski definition) is 7. The molecule has 108 valence electrons. The van der Waals surface area contributed by atoms with Crippen molar-refractivity contribution in [2.75, 3.05) is 12.4 Å². The summed E-state index contributed by atoms with van der Waals surface area (Å²) >= 11 is 2.76. The normalized spacial score (nSPS) is 10.8. The van der Waals surface area contributed by atoms with Gasteiger partial charge in [0.15, 0.2) is 5.13 Å². The predicted octanol–water partition coefficient (Wildman–Crippen LogP) is 2.47. The van der Waals surface area contributed by atoms with Crippen molar-refractivity contribution >= 4 is 43.9 Å². The van der Waals surface area contributed by atoms with Crippen LogP contribution >= 0.6 is 22.7 Å². The lowest BCUT2D eigenvalue weighted by atomic mass is 10.3. The standard InChI is InChI=1S/C13H12N4O2S2/c1-19-7-2-3-8-10(4-7)21-13(16-8)17-12(18)9-6-20-11(5-14)15-9/h2-4,6H,5,14H2,1H3,(H,16,17,18). The molecule has 0 saturated heterocycles. The highest BCUT2D eigenvalue weighted by Gasteiger charge is 2.13. The van der Waals surface area contributed by atoms with Crippen molar-refractivity contribution in [2.45, 2.75) is 6.54 Å². The highest BCUT2D eigenvalue weighted by molar-refractivity contribution is 7.22. The van der Waals surface area contributed by atoms with E-state index in [4.69, 9.17) is 10.5 Å². The minimum absolute atomic E-state index is 0.281. The van der Waals surface area contributed by atoms with E-state index < -0.39 is 0 Å². The molecule has 0 radical (unpaired) electrons. The van der Waals surface area contributed by atoms with Crippen LogP contribution in [0.3, 0.4) is 0 Å². The molecule has 6 nitrogen and oxygen atoms in total. The van der Waals surface area contributed by atoms with Crippen LogP contribution in [0.25, 0.3) is 10.2 Å². The lowest BCUT2D eigenvalue weighted by molar-refractivity contribution is 0.102. The highest BCUT2D eigenvalue weighted by atomic mass is 32.1. The average molecular weight is 320 g/mol. The molecule has 0 unspecified atom stereocenters. The van der Waals surface area contributed by atoms with Gasteiger partial charge >= 0.3 is 0 Å². The molecule has 1 amide bonds. The topological polar surface area (TPSA) is 90.1 Å². The summed E-state index contributed by atoms with van der Waals surface area (Å²) in [7, 11) is 1.61. The number of methoxy groups -OCH3 is 1. The first-order valence-corrected chi connectivity index (χ1v) is 7.79. The predicted molar refractivity (Wildman–Crippen MR) is 84.1 cm³/mol. The molecule has 3 rings (SSSR count). The summed E-state index contributed by atoms with van der Waals surface area (Å²) in [5, 5.41) is 5.71. The maximum Gasteiger partial charge on any atom is 0.276 e. The third kappa shape index (κ3) is 2.87. The van der Waals surface area contributed by atoms with Crippen molar-refractivity contribution < 1.29 is 9.53 Å². The molecule has 0 aliphatic heterocycles. The third-order valence-corrected chi connectivity index (χ3v) is 4.58. The summed E-state index contributed by atoms with van der Waals surface area (Å²) in [6.07, 6.45) is 0. The van der Waals surface area contributed by atoms with Gasteiger partial charge in [-0.2, -0.15) is 0 Å². The molecule has 0 fully saturated rings. The Labute approximate surface area is 128 Å². The molecule has 0 spiro atoms. The number of carbonyl (C=O) groups excluding carboxylic acids is 1. The van der Waals surface area contributed by atoms with Crippen LogP contribution in [0.5, 0.6) is 5.75 Å². The van der Waals surface area contributed by atoms with Gasteiger partial charge in [0.05, 0.1) is 17.3 Å². The van der Waals surface area contributed by atoms with Gasteiger partial charge in [-0.25, -0.2) is 9.97 Å². The molecule has 8 heteroatoms. The number of nitrogens with two attached hydrogens (primary N) is 1. The van der Waals surface area contributed by atoms with Crippen LogP contribution in [0, 0.1) is 0 Å². The van der Waals surface area contributed by atoms with Crippen LogP contribution in [0.15, 0.2) is 23.6 Å². The summed E-state index contributed by atoms with van der Waals surface area (Å²) in [6.45, 7) is 0.332. The molecule has 1 aromatic carbocycles. The van der Waals surface area contributed by atoms with Crippen molar-refractivity contribution in [1.29, 1.82) is 0 Å². The van der Waals surface area contributed by atoms with Crippen molar-refractivity contribution in [1.82, 2.24) is 9.97 Å². The van der Waals surface area contributed by atoms with Gasteiger partial charge in [-0.3, -0.25) is 10.1 Å². The number of carbonyl (C=O) groups is 1. The SMILES string of the molecule is COc1ccc2nc(NC(=O)c3csc(CN)n3)sc2c1. The lowest BCUT2D eigenvalue weighted by Crippen LogP contribution is -2.12. The summed E-state index contributed by atoms with van der Waals surface area (Å²) < 4.78 is 6.12. The van der Waals surface area contributed by atoms with Gasteiger partial charge in [0, 0.05) is 11.9 Å². The van der Waals surface area contributed by atoms with Crippen LogP contribution in [0.2, 0.25) is 0 Å². The van der Waals surface area contributed by atoms with E-state index in [1.807, 2.05) is 18.2 Å². The van der Waals surface area contributed by atoms with Crippen LogP contribution in [-0.4, -0.2) is 23.0 Å². The van der Waals surface area contributed by atoms with Gasteiger partial charge in [0.25, 0.3) is 5.91 Å². The Bertz CT molecular complexity index is 796. The zero-order chi connectivity index (χ0) is 14.8. The number of fused-ring (bicyclic) bond motifs is 1. The maximum atomic E-state index is 12.1. The second kappa shape index (κ2) is 5.76. The van der Waals surface area contributed by atoms with E-state index in [-0.39, 0.29) is 5.91 Å². The highest BCUT2D eigenvalue weighted by Crippen LogP contribution is 2.29. The molecule has 0 bridgehead atoms. The van der Waals surface area contributed by atoms with Crippen molar-refractivity contribution in [3.8, 4) is 5.75 Å². The molecule has 3 aromatic rings. The van der Waals surface area contributed by atoms with E-state index in [2.05, 4.69) is 15.3 Å². The van der Waals surface area contributed by atoms with E-state index in [9.17, 15) is 4.79 Å². The number of nitrogens with zero attached hydrogens (tertiary/aromatic N) is 2. The quantitative estimate of drug-likeness (QED) is 0.770. The minimum atomic E-state index is -0.281. The number of anilines is 1. The number of hydrogen-bond donors (Lipinski definition) is 2. The van der Waals surface area contributed by atoms with Crippen LogP contribution < -0.4 is 15.8 Å². The van der Waals surface area contributed by atoms with Crippen LogP contribution in [-0.2, 0) is 6.54 Å². The number of ether oxygens (including phenoxy) is 1. The molecule has 0 atom stereocenters. The number of amides is 1. The number of benzene rings is 1. The largest absolute Gasteiger partial charge is 0.497 e. The fraction of sp³-hybridized carbons (Fsp3) is 0.154. The van der Waals surface area contributed by atoms with Gasteiger partial charge in [-0.1, -0.05) is 11.3 Å². The first-order chi connectivity index (χ1) is 10.2. The summed E-state index contributed by atoms with van der Waals surface area (Å²) in [5.41, 5.74) is 6.66. The molecule has 3 N–H and O–H groups in total. The average Bonchev–Trinajstić information content (AvgIpc) is 3.12. The second-order valence-corrected chi connectivity index (χ2v) is 6.11. The van der Waals surface area contributed by atoms with Crippen LogP contribution in [0.4, 0.5) is 5.13 Å². The third-order valence-electron chi connectivity index (χ3n) is 2.78. The van der Waals surface area contributed by atoms with E-state index >= 15 is 0 Å². The minimum Gasteiger partial charge on any atom is -0.497 e. The van der Waals surface area contributed by atoms with E-state index in [1.165, 1.54) is 22.7 Å². The van der Waals surface area contributed by atoms with Gasteiger partial charge in [-0.15, -0.1) is 11.3 Å². The molecule has 2 aromatic heterocycles. The summed E-state index contributed by atoms with van der Waals surface area (Å²) in [6, 6.07) is 5.58. The Morgan fingerprint density at radius 2 is 2.29 bits per heavy atom. The molecule has 0 saturated carbocycles. The lowest BCUT2D eigenvalue weighted by Gasteiger charge is -1.96. The molecular formula is C13H12N4O2S2. The Morgan fingerprint density at radius 3 is 3.00 bits per heavy atom. The van der Waals surface area contributed by atoms with Gasteiger partial charge in [-0.05, 0) is 18.2 Å². The molecule has 0 aliphatic rings. The van der Waals surface area contributed by atoms with Gasteiger partial charge < -0.3 is 10.5 Å². The van der Waals surface area contributed by atoms with Crippen molar-refractivity contribution in [3.05, 3.63) is 34.3 Å². The zero-order valence-corrected chi connectivity index (χ0v) is 12.8. The Balaban J connectivity index is 1.82. The Hall–Kier alpha value is -2.03. The van der Waals surface area contributed by atoms with Crippen molar-refractivity contribution in [3.63, 3.8) is 0 Å². The zero-order valence-electron chi connectivity index (χ0n) is 11.1. The Kier molecular flexibility index (Phi) is 3.82. The second-order valence-electron chi connectivity index (χ2n) is 4.14. The van der Waals surface area contributed by atoms with Gasteiger partial charge in [0.2, 0.25) is 0 Å². The molecular weight excluding hydrogens is 308 g/mol.